The lowest BCUT2D eigenvalue weighted by Crippen LogP contribution is -2.04. The molecule has 0 aliphatic heterocycles. The molecule has 0 aromatic heterocycles. The SMILES string of the molecule is Clc1ccc(NN=[N+](c2ccccc2)c2ccccc2)cc1.O=[N+]([O-])[O-]. The van der Waals surface area contributed by atoms with Crippen LogP contribution >= 0.6 is 11.6 Å². The summed E-state index contributed by atoms with van der Waals surface area (Å²) in [5.41, 5.74) is 5.90. The Morgan fingerprint density at radius 1 is 0.769 bits per heavy atom. The first-order valence-corrected chi connectivity index (χ1v) is 7.88. The van der Waals surface area contributed by atoms with Gasteiger partial charge in [0, 0.05) is 5.02 Å². The van der Waals surface area contributed by atoms with Gasteiger partial charge in [-0.2, -0.15) is 0 Å². The summed E-state index contributed by atoms with van der Waals surface area (Å²) in [6.07, 6.45) is 0. The Bertz CT molecular complexity index is 811. The predicted octanol–water partition coefficient (Wildman–Crippen LogP) is 5.41. The quantitative estimate of drug-likeness (QED) is 0.287. The normalized spacial score (nSPS) is 9.42. The van der Waals surface area contributed by atoms with E-state index >= 15 is 0 Å². The summed E-state index contributed by atoms with van der Waals surface area (Å²) >= 11 is 5.90. The average molecular weight is 371 g/mol. The van der Waals surface area contributed by atoms with E-state index in [9.17, 15) is 0 Å². The molecule has 26 heavy (non-hydrogen) atoms. The molecule has 0 bridgehead atoms. The van der Waals surface area contributed by atoms with Gasteiger partial charge in [0.25, 0.3) is 0 Å². The van der Waals surface area contributed by atoms with Crippen LogP contribution in [-0.2, 0) is 0 Å². The van der Waals surface area contributed by atoms with Gasteiger partial charge in [0.1, 0.15) is 5.69 Å². The van der Waals surface area contributed by atoms with E-state index in [0.717, 1.165) is 17.1 Å². The minimum Gasteiger partial charge on any atom is -0.356 e. The Balaban J connectivity index is 0.000000552. The number of anilines is 1. The van der Waals surface area contributed by atoms with Crippen molar-refractivity contribution in [3.8, 4) is 0 Å². The third-order valence-electron chi connectivity index (χ3n) is 3.12. The van der Waals surface area contributed by atoms with E-state index in [4.69, 9.17) is 26.9 Å². The van der Waals surface area contributed by atoms with E-state index in [1.807, 2.05) is 89.6 Å². The molecule has 8 heteroatoms. The molecule has 0 saturated carbocycles. The second kappa shape index (κ2) is 9.75. The summed E-state index contributed by atoms with van der Waals surface area (Å²) in [7, 11) is 0. The van der Waals surface area contributed by atoms with Gasteiger partial charge in [-0.3, -0.25) is 0 Å². The first-order chi connectivity index (χ1) is 12.6. The number of para-hydroxylation sites is 2. The molecule has 0 aliphatic carbocycles. The Morgan fingerprint density at radius 2 is 1.19 bits per heavy atom. The lowest BCUT2D eigenvalue weighted by Gasteiger charge is -2.03. The summed E-state index contributed by atoms with van der Waals surface area (Å²) in [6.45, 7) is 0. The fourth-order valence-electron chi connectivity index (χ4n) is 2.04. The maximum Gasteiger partial charge on any atom is 0.156 e. The number of hydrogen-bond acceptors (Lipinski definition) is 4. The van der Waals surface area contributed by atoms with E-state index in [1.165, 1.54) is 0 Å². The lowest BCUT2D eigenvalue weighted by molar-refractivity contribution is -0.402. The summed E-state index contributed by atoms with van der Waals surface area (Å²) in [5.74, 6) is 0. The van der Waals surface area contributed by atoms with E-state index < -0.39 is 5.09 Å². The molecule has 3 rings (SSSR count). The minimum atomic E-state index is -1.75. The predicted molar refractivity (Wildman–Crippen MR) is 102 cm³/mol. The van der Waals surface area contributed by atoms with Crippen LogP contribution in [-0.4, -0.2) is 5.09 Å². The van der Waals surface area contributed by atoms with Crippen LogP contribution in [0.15, 0.2) is 90.2 Å². The molecule has 7 nitrogen and oxygen atoms in total. The summed E-state index contributed by atoms with van der Waals surface area (Å²) in [5, 5.41) is 20.0. The highest BCUT2D eigenvalue weighted by Crippen LogP contribution is 2.21. The van der Waals surface area contributed by atoms with Crippen molar-refractivity contribution in [2.45, 2.75) is 0 Å². The van der Waals surface area contributed by atoms with Crippen LogP contribution in [0.25, 0.3) is 0 Å². The van der Waals surface area contributed by atoms with Crippen LogP contribution in [0.3, 0.4) is 0 Å². The Hall–Kier alpha value is -3.45. The van der Waals surface area contributed by atoms with Gasteiger partial charge < -0.3 is 15.3 Å². The van der Waals surface area contributed by atoms with Crippen molar-refractivity contribution in [1.82, 2.24) is 4.70 Å². The molecular weight excluding hydrogens is 356 g/mol. The zero-order valence-electron chi connectivity index (χ0n) is 13.5. The molecule has 1 N–H and O–H groups in total. The molecule has 0 amide bonds. The van der Waals surface area contributed by atoms with E-state index in [-0.39, 0.29) is 0 Å². The molecule has 3 aromatic rings. The first-order valence-electron chi connectivity index (χ1n) is 7.50. The lowest BCUT2D eigenvalue weighted by atomic mass is 10.2. The van der Waals surface area contributed by atoms with Crippen molar-refractivity contribution in [3.63, 3.8) is 0 Å². The zero-order valence-corrected chi connectivity index (χ0v) is 14.3. The van der Waals surface area contributed by atoms with Gasteiger partial charge in [-0.15, -0.1) is 5.43 Å². The van der Waals surface area contributed by atoms with Gasteiger partial charge in [0.05, 0.1) is 10.3 Å². The van der Waals surface area contributed by atoms with Crippen LogP contribution < -0.4 is 10.1 Å². The summed E-state index contributed by atoms with van der Waals surface area (Å²) in [6, 6.07) is 27.4. The first kappa shape index (κ1) is 18.9. The summed E-state index contributed by atoms with van der Waals surface area (Å²) < 4.78 is 1.86. The molecule has 3 aromatic carbocycles. The third kappa shape index (κ3) is 6.21. The number of benzene rings is 3. The highest BCUT2D eigenvalue weighted by atomic mass is 35.5. The third-order valence-corrected chi connectivity index (χ3v) is 3.38. The Kier molecular flexibility index (Phi) is 7.08. The number of rotatable bonds is 4. The highest BCUT2D eigenvalue weighted by Gasteiger charge is 2.10. The van der Waals surface area contributed by atoms with Gasteiger partial charge in [0.2, 0.25) is 0 Å². The monoisotopic (exact) mass is 370 g/mol. The van der Waals surface area contributed by atoms with E-state index in [0.29, 0.717) is 5.02 Å². The largest absolute Gasteiger partial charge is 0.356 e. The topological polar surface area (TPSA) is 93.6 Å². The van der Waals surface area contributed by atoms with E-state index in [1.54, 1.807) is 0 Å². The second-order valence-corrected chi connectivity index (χ2v) is 5.36. The molecule has 0 saturated heterocycles. The number of nitrogens with zero attached hydrogens (tertiary/aromatic N) is 3. The molecule has 132 valence electrons. The Morgan fingerprint density at radius 3 is 1.62 bits per heavy atom. The maximum absolute atomic E-state index is 8.25. The molecule has 0 heterocycles. The van der Waals surface area contributed by atoms with Gasteiger partial charge >= 0.3 is 0 Å². The number of halogens is 1. The van der Waals surface area contributed by atoms with Gasteiger partial charge in [-0.1, -0.05) is 52.7 Å². The van der Waals surface area contributed by atoms with Crippen LogP contribution in [0.2, 0.25) is 5.02 Å². The van der Waals surface area contributed by atoms with Crippen molar-refractivity contribution in [2.75, 3.05) is 5.43 Å². The number of nitrogens with one attached hydrogen (secondary N) is 1. The summed E-state index contributed by atoms with van der Waals surface area (Å²) in [4.78, 5) is 8.25. The highest BCUT2D eigenvalue weighted by molar-refractivity contribution is 6.30. The van der Waals surface area contributed by atoms with Crippen LogP contribution in [0.4, 0.5) is 17.1 Å². The Labute approximate surface area is 154 Å². The number of hydrogen-bond donors (Lipinski definition) is 1. The zero-order chi connectivity index (χ0) is 18.8. The van der Waals surface area contributed by atoms with Gasteiger partial charge in [-0.25, -0.2) is 0 Å². The van der Waals surface area contributed by atoms with Crippen molar-refractivity contribution in [2.24, 2.45) is 5.22 Å². The average Bonchev–Trinajstić information content (AvgIpc) is 2.65. The molecule has 0 unspecified atom stereocenters. The van der Waals surface area contributed by atoms with Crippen molar-refractivity contribution in [1.29, 1.82) is 0 Å². The second-order valence-electron chi connectivity index (χ2n) is 4.93. The fourth-order valence-corrected chi connectivity index (χ4v) is 2.16. The molecule has 0 atom stereocenters. The van der Waals surface area contributed by atoms with Crippen LogP contribution in [0.5, 0.6) is 0 Å². The van der Waals surface area contributed by atoms with Crippen LogP contribution in [0.1, 0.15) is 0 Å². The van der Waals surface area contributed by atoms with Crippen molar-refractivity contribution < 1.29 is 5.09 Å². The van der Waals surface area contributed by atoms with Gasteiger partial charge in [0.15, 0.2) is 11.4 Å². The molecule has 0 radical (unpaired) electrons. The van der Waals surface area contributed by atoms with Crippen LogP contribution in [0, 0.1) is 15.3 Å². The standard InChI is InChI=1S/C18H14ClN3.NO3/c19-15-11-13-16(14-12-15)20-21-22(17-7-3-1-4-8-17)18-9-5-2-6-10-18;2-1(3)4/h1-14H;/q;-1/p+1. The molecular formula is C18H15ClN4O3. The molecule has 0 fully saturated rings. The minimum absolute atomic E-state index is 0.702. The molecule has 0 aliphatic rings. The van der Waals surface area contributed by atoms with Gasteiger partial charge in [-0.05, 0) is 48.5 Å². The fraction of sp³-hybridized carbons (Fsp3) is 0. The van der Waals surface area contributed by atoms with Crippen molar-refractivity contribution >= 4 is 28.7 Å². The van der Waals surface area contributed by atoms with E-state index in [2.05, 4.69) is 10.6 Å². The smallest absolute Gasteiger partial charge is 0.156 e. The molecule has 0 spiro atoms. The van der Waals surface area contributed by atoms with Crippen molar-refractivity contribution in [3.05, 3.63) is 105 Å². The maximum atomic E-state index is 8.25.